The summed E-state index contributed by atoms with van der Waals surface area (Å²) in [7, 11) is 0. The number of benzene rings is 8. The standard InChI is InChI=1S/C54H36N4/c1-4-15-39(16-5-1)49(40-17-6-2-7-18-40)50(41-19-8-3-9-20-41)42-28-32-45(33-29-42)53-56-52(57-54(58-53)47-34-25-37-14-10-11-21-46(37)36-47)44-30-26-38(27-31-44)48-24-12-22-43-23-13-35-55-51(43)48/h1-36H. The molecule has 2 heterocycles. The Bertz CT molecular complexity index is 3020. The van der Waals surface area contributed by atoms with Gasteiger partial charge < -0.3 is 0 Å². The second-order valence-corrected chi connectivity index (χ2v) is 14.3. The van der Waals surface area contributed by atoms with Crippen molar-refractivity contribution in [2.45, 2.75) is 0 Å². The van der Waals surface area contributed by atoms with E-state index in [0.29, 0.717) is 17.5 Å². The van der Waals surface area contributed by atoms with E-state index in [1.807, 2.05) is 12.3 Å². The van der Waals surface area contributed by atoms with E-state index in [1.165, 1.54) is 11.0 Å². The minimum absolute atomic E-state index is 0.610. The van der Waals surface area contributed by atoms with Crippen LogP contribution in [-0.2, 0) is 0 Å². The summed E-state index contributed by atoms with van der Waals surface area (Å²) in [4.78, 5) is 20.0. The van der Waals surface area contributed by atoms with E-state index in [9.17, 15) is 0 Å². The maximum absolute atomic E-state index is 5.13. The van der Waals surface area contributed by atoms with E-state index in [2.05, 4.69) is 211 Å². The van der Waals surface area contributed by atoms with E-state index in [-0.39, 0.29) is 0 Å². The molecule has 0 amide bonds. The normalized spacial score (nSPS) is 11.1. The first kappa shape index (κ1) is 34.7. The predicted octanol–water partition coefficient (Wildman–Crippen LogP) is 13.2. The molecule has 4 heteroatoms. The Hall–Kier alpha value is -7.82. The van der Waals surface area contributed by atoms with Gasteiger partial charge in [-0.05, 0) is 61.9 Å². The zero-order valence-corrected chi connectivity index (χ0v) is 31.6. The van der Waals surface area contributed by atoms with E-state index < -0.39 is 0 Å². The van der Waals surface area contributed by atoms with Crippen molar-refractivity contribution < 1.29 is 0 Å². The number of rotatable bonds is 8. The molecule has 2 aromatic heterocycles. The second kappa shape index (κ2) is 15.4. The third-order valence-corrected chi connectivity index (χ3v) is 10.6. The molecule has 0 aliphatic heterocycles. The van der Waals surface area contributed by atoms with Crippen molar-refractivity contribution in [3.63, 3.8) is 0 Å². The molecule has 272 valence electrons. The van der Waals surface area contributed by atoms with Crippen molar-refractivity contribution in [1.82, 2.24) is 19.9 Å². The Labute approximate surface area is 337 Å². The lowest BCUT2D eigenvalue weighted by atomic mass is 9.85. The first-order valence-electron chi connectivity index (χ1n) is 19.5. The van der Waals surface area contributed by atoms with Gasteiger partial charge in [0.2, 0.25) is 0 Å². The van der Waals surface area contributed by atoms with E-state index in [0.717, 1.165) is 71.9 Å². The van der Waals surface area contributed by atoms with Crippen molar-refractivity contribution in [3.05, 3.63) is 241 Å². The minimum Gasteiger partial charge on any atom is -0.256 e. The Morgan fingerprint density at radius 3 is 1.31 bits per heavy atom. The lowest BCUT2D eigenvalue weighted by molar-refractivity contribution is 1.07. The highest BCUT2D eigenvalue weighted by Gasteiger charge is 2.18. The third kappa shape index (κ3) is 6.84. The van der Waals surface area contributed by atoms with Crippen LogP contribution in [0.15, 0.2) is 219 Å². The first-order chi connectivity index (χ1) is 28.7. The van der Waals surface area contributed by atoms with Gasteiger partial charge in [-0.2, -0.15) is 0 Å². The van der Waals surface area contributed by atoms with Gasteiger partial charge in [0, 0.05) is 33.8 Å². The summed E-state index contributed by atoms with van der Waals surface area (Å²) in [6.07, 6.45) is 1.84. The van der Waals surface area contributed by atoms with Crippen molar-refractivity contribution in [2.75, 3.05) is 0 Å². The molecular weight excluding hydrogens is 705 g/mol. The van der Waals surface area contributed by atoms with Gasteiger partial charge in [-0.3, -0.25) is 4.98 Å². The fourth-order valence-corrected chi connectivity index (χ4v) is 7.74. The summed E-state index contributed by atoms with van der Waals surface area (Å²) in [6.45, 7) is 0. The van der Waals surface area contributed by atoms with E-state index in [4.69, 9.17) is 15.0 Å². The third-order valence-electron chi connectivity index (χ3n) is 10.6. The highest BCUT2D eigenvalue weighted by Crippen LogP contribution is 2.38. The average Bonchev–Trinajstić information content (AvgIpc) is 3.31. The Balaban J connectivity index is 1.10. The van der Waals surface area contributed by atoms with Crippen LogP contribution in [0.5, 0.6) is 0 Å². The zero-order valence-electron chi connectivity index (χ0n) is 31.6. The largest absolute Gasteiger partial charge is 0.256 e. The topological polar surface area (TPSA) is 51.6 Å². The van der Waals surface area contributed by atoms with Gasteiger partial charge in [0.15, 0.2) is 17.5 Å². The van der Waals surface area contributed by atoms with Crippen molar-refractivity contribution in [1.29, 1.82) is 0 Å². The molecule has 4 nitrogen and oxygen atoms in total. The Morgan fingerprint density at radius 1 is 0.293 bits per heavy atom. The number of hydrogen-bond donors (Lipinski definition) is 0. The molecule has 0 saturated heterocycles. The molecule has 58 heavy (non-hydrogen) atoms. The minimum atomic E-state index is 0.610. The molecular formula is C54H36N4. The maximum atomic E-state index is 5.13. The maximum Gasteiger partial charge on any atom is 0.164 e. The molecule has 0 atom stereocenters. The van der Waals surface area contributed by atoms with Crippen LogP contribution < -0.4 is 0 Å². The van der Waals surface area contributed by atoms with Crippen LogP contribution in [0.1, 0.15) is 22.3 Å². The van der Waals surface area contributed by atoms with Crippen molar-refractivity contribution in [2.24, 2.45) is 0 Å². The van der Waals surface area contributed by atoms with Crippen LogP contribution in [0.4, 0.5) is 0 Å². The van der Waals surface area contributed by atoms with Gasteiger partial charge in [0.25, 0.3) is 0 Å². The van der Waals surface area contributed by atoms with Crippen molar-refractivity contribution >= 4 is 32.8 Å². The number of nitrogens with zero attached hydrogens (tertiary/aromatic N) is 4. The summed E-state index contributed by atoms with van der Waals surface area (Å²) in [6, 6.07) is 74.1. The van der Waals surface area contributed by atoms with Crippen LogP contribution >= 0.6 is 0 Å². The molecule has 0 radical (unpaired) electrons. The van der Waals surface area contributed by atoms with Crippen LogP contribution in [0.3, 0.4) is 0 Å². The van der Waals surface area contributed by atoms with E-state index >= 15 is 0 Å². The summed E-state index contributed by atoms with van der Waals surface area (Å²) in [5, 5.41) is 3.41. The quantitative estimate of drug-likeness (QED) is 0.146. The number of aromatic nitrogens is 4. The number of hydrogen-bond acceptors (Lipinski definition) is 4. The molecule has 0 bridgehead atoms. The van der Waals surface area contributed by atoms with Gasteiger partial charge in [-0.1, -0.05) is 200 Å². The molecule has 0 aliphatic rings. The SMILES string of the molecule is c1ccc(C(=C(c2ccccc2)c2ccc(-c3nc(-c4ccc(-c5cccc6cccnc56)cc4)nc(-c4ccc5ccccc5c4)n3)cc2)c2ccccc2)cc1. The summed E-state index contributed by atoms with van der Waals surface area (Å²) in [5.41, 5.74) is 12.8. The molecule has 10 rings (SSSR count). The van der Waals surface area contributed by atoms with Gasteiger partial charge in [-0.15, -0.1) is 0 Å². The monoisotopic (exact) mass is 740 g/mol. The summed E-state index contributed by atoms with van der Waals surface area (Å²) in [5.74, 6) is 1.84. The van der Waals surface area contributed by atoms with Gasteiger partial charge in [0.05, 0.1) is 5.52 Å². The van der Waals surface area contributed by atoms with Crippen molar-refractivity contribution in [3.8, 4) is 45.3 Å². The highest BCUT2D eigenvalue weighted by molar-refractivity contribution is 6.04. The first-order valence-corrected chi connectivity index (χ1v) is 19.5. The molecule has 8 aromatic carbocycles. The van der Waals surface area contributed by atoms with Crippen LogP contribution in [0.25, 0.3) is 78.1 Å². The lowest BCUT2D eigenvalue weighted by Crippen LogP contribution is -2.01. The molecule has 0 saturated carbocycles. The predicted molar refractivity (Wildman–Crippen MR) is 239 cm³/mol. The fourth-order valence-electron chi connectivity index (χ4n) is 7.74. The van der Waals surface area contributed by atoms with Crippen LogP contribution in [0, 0.1) is 0 Å². The molecule has 10 aromatic rings. The fraction of sp³-hybridized carbons (Fsp3) is 0. The second-order valence-electron chi connectivity index (χ2n) is 14.3. The molecule has 0 fully saturated rings. The van der Waals surface area contributed by atoms with Gasteiger partial charge >= 0.3 is 0 Å². The summed E-state index contributed by atoms with van der Waals surface area (Å²) >= 11 is 0. The molecule has 0 unspecified atom stereocenters. The number of pyridine rings is 1. The zero-order chi connectivity index (χ0) is 38.7. The Morgan fingerprint density at radius 2 is 0.724 bits per heavy atom. The molecule has 0 aliphatic carbocycles. The smallest absolute Gasteiger partial charge is 0.164 e. The highest BCUT2D eigenvalue weighted by atomic mass is 15.0. The molecule has 0 N–H and O–H groups in total. The average molecular weight is 741 g/mol. The van der Waals surface area contributed by atoms with Crippen LogP contribution in [-0.4, -0.2) is 19.9 Å². The van der Waals surface area contributed by atoms with Gasteiger partial charge in [0.1, 0.15) is 0 Å². The summed E-state index contributed by atoms with van der Waals surface area (Å²) < 4.78 is 0. The Kier molecular flexibility index (Phi) is 9.18. The van der Waals surface area contributed by atoms with Crippen LogP contribution in [0.2, 0.25) is 0 Å². The number of fused-ring (bicyclic) bond motifs is 2. The lowest BCUT2D eigenvalue weighted by Gasteiger charge is -2.18. The van der Waals surface area contributed by atoms with E-state index in [1.54, 1.807) is 0 Å². The van der Waals surface area contributed by atoms with Gasteiger partial charge in [-0.25, -0.2) is 15.0 Å². The number of para-hydroxylation sites is 1. The molecule has 0 spiro atoms.